The molecule has 8 nitrogen and oxygen atoms in total. The van der Waals surface area contributed by atoms with Gasteiger partial charge in [-0.05, 0) is 186 Å². The first kappa shape index (κ1) is 66.2. The van der Waals surface area contributed by atoms with E-state index in [4.69, 9.17) is 39.4 Å². The number of aryl methyl sites for hydroxylation is 2. The molecule has 2 aliphatic heterocycles. The van der Waals surface area contributed by atoms with Crippen molar-refractivity contribution in [2.75, 3.05) is 0 Å². The largest absolute Gasteiger partial charge is 0.457 e. The smallest absolute Gasteiger partial charge is 0.164 e. The van der Waals surface area contributed by atoms with Crippen LogP contribution < -0.4 is 9.47 Å². The van der Waals surface area contributed by atoms with Gasteiger partial charge in [0.05, 0.1) is 10.8 Å². The highest BCUT2D eigenvalue weighted by Crippen LogP contribution is 2.65. The van der Waals surface area contributed by atoms with Gasteiger partial charge in [0.2, 0.25) is 0 Å². The van der Waals surface area contributed by atoms with Gasteiger partial charge in [-0.15, -0.1) is 0 Å². The highest BCUT2D eigenvalue weighted by molar-refractivity contribution is 5.93. The number of fused-ring (bicyclic) bond motifs is 18. The van der Waals surface area contributed by atoms with Gasteiger partial charge in [-0.2, -0.15) is 0 Å². The first-order chi connectivity index (χ1) is 56.3. The average molecular weight is 1460 g/mol. The van der Waals surface area contributed by atoms with Gasteiger partial charge in [0, 0.05) is 55.6 Å². The fraction of sp³-hybridized carbons (Fsp3) is 0.0377. The Morgan fingerprint density at radius 3 is 0.930 bits per heavy atom. The highest BCUT2D eigenvalue weighted by Gasteiger charge is 2.53. The van der Waals surface area contributed by atoms with Gasteiger partial charge in [-0.1, -0.05) is 315 Å². The predicted octanol–water partition coefficient (Wildman–Crippen LogP) is 25.9. The lowest BCUT2D eigenvalue weighted by molar-refractivity contribution is 0.436. The molecule has 8 heteroatoms. The molecule has 0 bridgehead atoms. The van der Waals surface area contributed by atoms with E-state index in [1.165, 1.54) is 44.5 Å². The maximum absolute atomic E-state index is 7.27. The van der Waals surface area contributed by atoms with Crippen molar-refractivity contribution in [1.82, 2.24) is 29.9 Å². The number of ether oxygens (including phenoxy) is 2. The van der Waals surface area contributed by atoms with E-state index in [1.54, 1.807) is 0 Å². The van der Waals surface area contributed by atoms with Crippen LogP contribution in [0.2, 0.25) is 0 Å². The average Bonchev–Trinajstić information content (AvgIpc) is 1.49. The summed E-state index contributed by atoms with van der Waals surface area (Å²) >= 11 is 0. The van der Waals surface area contributed by atoms with Gasteiger partial charge in [-0.3, -0.25) is 0 Å². The molecular weight excluding hydrogens is 1390 g/mol. The summed E-state index contributed by atoms with van der Waals surface area (Å²) < 4.78 is 14.1. The molecule has 2 aliphatic carbocycles. The summed E-state index contributed by atoms with van der Waals surface area (Å²) in [5, 5.41) is 0. The third-order valence-corrected chi connectivity index (χ3v) is 23.6. The second-order valence-corrected chi connectivity index (χ2v) is 30.0. The SMILES string of the molecule is Cc1ccc(-c2ccc3c(c2)C2(c4ccccc4O3)c3ccccc3-c3ccccc32)cc1-c1cccc(-c2nc(-c3ccccc3)nc(-c3ccc(-c4ccc5c(c4)Oc4ccc(-c6cccc(-c7cc(-c8nc(-c9ccccc9)nc(-c9ccccc9)n8)ccc7C)c6)cc4C54c5ccccc5-c5ccccc54)cc3)n2)c1. The van der Waals surface area contributed by atoms with E-state index in [0.717, 1.165) is 145 Å². The quantitative estimate of drug-likeness (QED) is 0.126. The number of aromatic nitrogens is 6. The second kappa shape index (κ2) is 26.4. The molecular formula is C106H68N6O2. The Bertz CT molecular complexity index is 6810. The minimum Gasteiger partial charge on any atom is -0.457 e. The van der Waals surface area contributed by atoms with Crippen LogP contribution in [-0.4, -0.2) is 29.9 Å². The lowest BCUT2D eigenvalue weighted by atomic mass is 9.65. The summed E-state index contributed by atoms with van der Waals surface area (Å²) in [5.74, 6) is 6.97. The van der Waals surface area contributed by atoms with E-state index in [0.29, 0.717) is 34.9 Å². The van der Waals surface area contributed by atoms with Crippen molar-refractivity contribution >= 4 is 0 Å². The third kappa shape index (κ3) is 10.6. The molecule has 0 fully saturated rings. The molecule has 2 aromatic heterocycles. The number of hydrogen-bond acceptors (Lipinski definition) is 8. The summed E-state index contributed by atoms with van der Waals surface area (Å²) in [7, 11) is 0. The van der Waals surface area contributed by atoms with Crippen LogP contribution in [0.3, 0.4) is 0 Å². The maximum atomic E-state index is 7.27. The number of hydrogen-bond donors (Lipinski definition) is 0. The van der Waals surface area contributed by atoms with Crippen molar-refractivity contribution in [3.63, 3.8) is 0 Å². The van der Waals surface area contributed by atoms with E-state index in [2.05, 4.69) is 311 Å². The zero-order chi connectivity index (χ0) is 75.6. The minimum atomic E-state index is -0.706. The van der Waals surface area contributed by atoms with Crippen LogP contribution in [-0.2, 0) is 10.8 Å². The summed E-state index contributed by atoms with van der Waals surface area (Å²) in [6.45, 7) is 4.35. The van der Waals surface area contributed by atoms with Crippen molar-refractivity contribution in [2.24, 2.45) is 0 Å². The Morgan fingerprint density at radius 2 is 0.447 bits per heavy atom. The first-order valence-corrected chi connectivity index (χ1v) is 38.8. The van der Waals surface area contributed by atoms with Crippen LogP contribution in [0.5, 0.6) is 23.0 Å². The molecule has 4 heterocycles. The van der Waals surface area contributed by atoms with Crippen LogP contribution >= 0.6 is 0 Å². The monoisotopic (exact) mass is 1460 g/mol. The topological polar surface area (TPSA) is 95.8 Å². The molecule has 0 atom stereocenters. The predicted molar refractivity (Wildman–Crippen MR) is 457 cm³/mol. The van der Waals surface area contributed by atoms with E-state index < -0.39 is 10.8 Å². The Hall–Kier alpha value is -14.9. The van der Waals surface area contributed by atoms with E-state index >= 15 is 0 Å². The molecule has 18 aromatic rings. The second-order valence-electron chi connectivity index (χ2n) is 30.0. The third-order valence-electron chi connectivity index (χ3n) is 23.6. The zero-order valence-corrected chi connectivity index (χ0v) is 62.3. The molecule has 0 radical (unpaired) electrons. The summed E-state index contributed by atoms with van der Waals surface area (Å²) in [6.07, 6.45) is 0. The van der Waals surface area contributed by atoms with E-state index in [9.17, 15) is 0 Å². The molecule has 0 N–H and O–H groups in total. The molecule has 16 aromatic carbocycles. The lowest BCUT2D eigenvalue weighted by Crippen LogP contribution is -2.32. The Balaban J connectivity index is 0.591. The normalized spacial score (nSPS) is 13.1. The number of benzene rings is 16. The van der Waals surface area contributed by atoms with E-state index in [1.807, 2.05) is 78.9 Å². The van der Waals surface area contributed by atoms with Crippen molar-refractivity contribution in [1.29, 1.82) is 0 Å². The number of para-hydroxylation sites is 1. The van der Waals surface area contributed by atoms with Gasteiger partial charge in [0.25, 0.3) is 0 Å². The lowest BCUT2D eigenvalue weighted by Gasteiger charge is -2.40. The van der Waals surface area contributed by atoms with Crippen LogP contribution in [0.1, 0.15) is 55.6 Å². The highest BCUT2D eigenvalue weighted by atomic mass is 16.5. The Kier molecular flexibility index (Phi) is 15.3. The van der Waals surface area contributed by atoms with Crippen molar-refractivity contribution < 1.29 is 9.47 Å². The van der Waals surface area contributed by atoms with E-state index in [-0.39, 0.29) is 0 Å². The van der Waals surface area contributed by atoms with Crippen molar-refractivity contribution in [3.8, 4) is 169 Å². The van der Waals surface area contributed by atoms with Gasteiger partial charge in [0.1, 0.15) is 23.0 Å². The molecule has 4 aliphatic rings. The van der Waals surface area contributed by atoms with Gasteiger partial charge in [-0.25, -0.2) is 29.9 Å². The first-order valence-electron chi connectivity index (χ1n) is 38.8. The van der Waals surface area contributed by atoms with Gasteiger partial charge >= 0.3 is 0 Å². The van der Waals surface area contributed by atoms with Gasteiger partial charge in [0.15, 0.2) is 34.9 Å². The maximum Gasteiger partial charge on any atom is 0.164 e. The number of rotatable bonds is 11. The summed E-state index contributed by atoms with van der Waals surface area (Å²) in [4.78, 5) is 31.0. The van der Waals surface area contributed by atoms with Crippen LogP contribution in [0, 0.1) is 13.8 Å². The fourth-order valence-corrected chi connectivity index (χ4v) is 18.3. The zero-order valence-electron chi connectivity index (χ0n) is 62.3. The van der Waals surface area contributed by atoms with Crippen LogP contribution in [0.15, 0.2) is 376 Å². The van der Waals surface area contributed by atoms with Crippen molar-refractivity contribution in [3.05, 3.63) is 432 Å². The molecule has 0 saturated heterocycles. The molecule has 2 spiro atoms. The summed E-state index contributed by atoms with van der Waals surface area (Å²) in [6, 6.07) is 134. The van der Waals surface area contributed by atoms with Gasteiger partial charge < -0.3 is 9.47 Å². The summed E-state index contributed by atoms with van der Waals surface area (Å²) in [5.41, 5.74) is 31.6. The van der Waals surface area contributed by atoms with Crippen molar-refractivity contribution in [2.45, 2.75) is 24.7 Å². The molecule has 0 amide bonds. The Morgan fingerprint density at radius 1 is 0.167 bits per heavy atom. The molecule has 22 rings (SSSR count). The molecule has 0 saturated carbocycles. The number of nitrogens with zero attached hydrogens (tertiary/aromatic N) is 6. The minimum absolute atomic E-state index is 0.571. The molecule has 114 heavy (non-hydrogen) atoms. The molecule has 0 unspecified atom stereocenters. The van der Waals surface area contributed by atoms with Crippen LogP contribution in [0.25, 0.3) is 146 Å². The standard InChI is InChI=1S/C106H68N6O2/c1-65-44-46-73(75-54-56-96-93(63-75)105(91-42-20-21-43-95(91)113-96)87-38-16-12-34-81(87)82-35-13-17-39-88(82)105)60-85(65)78-32-23-33-79(59-78)103-109-101(70-28-10-5-11-29-70)108-102(112-103)71-50-48-67(49-51-71)76-52-55-92-98(64-76)114-97-57-53-74(62-94(97)106(92)89-40-18-14-36-83(89)84-37-15-19-41-90(84)106)72-30-22-31-77(58-72)86-61-80(47-45-66(86)2)104-110-99(68-24-6-3-7-25-68)107-100(111-104)69-26-8-4-9-27-69/h3-64H,1-2H3. The molecule has 534 valence electrons. The fourth-order valence-electron chi connectivity index (χ4n) is 18.3. The Labute approximate surface area is 660 Å². The van der Waals surface area contributed by atoms with Crippen LogP contribution in [0.4, 0.5) is 0 Å².